The van der Waals surface area contributed by atoms with Gasteiger partial charge in [0, 0.05) is 5.56 Å². The number of methoxy groups -OCH3 is 1. The van der Waals surface area contributed by atoms with Crippen LogP contribution in [0.25, 0.3) is 0 Å². The first-order valence-corrected chi connectivity index (χ1v) is 8.28. The zero-order valence-corrected chi connectivity index (χ0v) is 13.3. The van der Waals surface area contributed by atoms with Gasteiger partial charge in [-0.3, -0.25) is 0 Å². The summed E-state index contributed by atoms with van der Waals surface area (Å²) in [5.74, 6) is 0.306. The van der Waals surface area contributed by atoms with Crippen molar-refractivity contribution in [3.05, 3.63) is 52.5 Å². The van der Waals surface area contributed by atoms with Gasteiger partial charge in [0.25, 0.3) is 0 Å². The maximum Gasteiger partial charge on any atom is 0.186 e. The van der Waals surface area contributed by atoms with Gasteiger partial charge in [-0.1, -0.05) is 35.4 Å². The molecule has 2 aromatic carbocycles. The number of nitrogen functional groups attached to an aromatic ring is 1. The molecule has 0 unspecified atom stereocenters. The molecule has 0 aliphatic rings. The molecule has 0 radical (unpaired) electrons. The number of anilines is 1. The lowest BCUT2D eigenvalue weighted by molar-refractivity contribution is 0.411. The minimum absolute atomic E-state index is 0.0322. The molecule has 0 saturated heterocycles. The molecule has 0 spiro atoms. The van der Waals surface area contributed by atoms with Gasteiger partial charge in [0.2, 0.25) is 0 Å². The fourth-order valence-corrected chi connectivity index (χ4v) is 4.26. The molecule has 0 amide bonds. The van der Waals surface area contributed by atoms with Crippen molar-refractivity contribution in [2.45, 2.75) is 17.6 Å². The van der Waals surface area contributed by atoms with Crippen molar-refractivity contribution in [2.75, 3.05) is 12.8 Å². The Morgan fingerprint density at radius 1 is 1.24 bits per heavy atom. The van der Waals surface area contributed by atoms with Crippen LogP contribution >= 0.6 is 11.6 Å². The number of hydrogen-bond donors (Lipinski definition) is 1. The molecule has 0 saturated carbocycles. The lowest BCUT2D eigenvalue weighted by atomic mass is 10.1. The summed E-state index contributed by atoms with van der Waals surface area (Å²) >= 11 is 5.99. The summed E-state index contributed by atoms with van der Waals surface area (Å²) in [5.41, 5.74) is 7.45. The van der Waals surface area contributed by atoms with E-state index in [2.05, 4.69) is 0 Å². The van der Waals surface area contributed by atoms with E-state index in [0.717, 1.165) is 5.56 Å². The maximum absolute atomic E-state index is 12.6. The first kappa shape index (κ1) is 15.7. The van der Waals surface area contributed by atoms with Crippen molar-refractivity contribution < 1.29 is 13.2 Å². The molecule has 0 atom stereocenters. The summed E-state index contributed by atoms with van der Waals surface area (Å²) < 4.78 is 30.4. The quantitative estimate of drug-likeness (QED) is 0.876. The lowest BCUT2D eigenvalue weighted by Crippen LogP contribution is -2.09. The van der Waals surface area contributed by atoms with E-state index < -0.39 is 9.84 Å². The van der Waals surface area contributed by atoms with Gasteiger partial charge in [-0.15, -0.1) is 0 Å². The van der Waals surface area contributed by atoms with Crippen LogP contribution in [0, 0.1) is 6.92 Å². The first-order chi connectivity index (χ1) is 9.85. The van der Waals surface area contributed by atoms with E-state index in [0.29, 0.717) is 11.3 Å². The monoisotopic (exact) mass is 325 g/mol. The van der Waals surface area contributed by atoms with Crippen molar-refractivity contribution in [1.29, 1.82) is 0 Å². The van der Waals surface area contributed by atoms with Gasteiger partial charge in [-0.2, -0.15) is 0 Å². The van der Waals surface area contributed by atoms with Gasteiger partial charge in [0.15, 0.2) is 9.84 Å². The van der Waals surface area contributed by atoms with E-state index in [1.165, 1.54) is 19.2 Å². The van der Waals surface area contributed by atoms with Gasteiger partial charge in [0.1, 0.15) is 10.6 Å². The average Bonchev–Trinajstić information content (AvgIpc) is 2.37. The second-order valence-corrected chi connectivity index (χ2v) is 7.07. The Morgan fingerprint density at radius 3 is 2.57 bits per heavy atom. The first-order valence-electron chi connectivity index (χ1n) is 6.25. The third kappa shape index (κ3) is 3.31. The molecule has 2 rings (SSSR count). The highest BCUT2D eigenvalue weighted by Gasteiger charge is 2.23. The van der Waals surface area contributed by atoms with Crippen LogP contribution in [0.2, 0.25) is 5.02 Å². The summed E-state index contributed by atoms with van der Waals surface area (Å²) in [6.07, 6.45) is 0. The van der Waals surface area contributed by atoms with Crippen molar-refractivity contribution in [3.63, 3.8) is 0 Å². The molecule has 2 N–H and O–H groups in total. The van der Waals surface area contributed by atoms with E-state index >= 15 is 0 Å². The summed E-state index contributed by atoms with van der Waals surface area (Å²) in [7, 11) is -2.16. The molecule has 6 heteroatoms. The number of sulfone groups is 1. The average molecular weight is 326 g/mol. The van der Waals surface area contributed by atoms with Crippen LogP contribution in [0.15, 0.2) is 41.3 Å². The summed E-state index contributed by atoms with van der Waals surface area (Å²) in [6, 6.07) is 10.0. The molecule has 0 aliphatic carbocycles. The summed E-state index contributed by atoms with van der Waals surface area (Å²) in [6.45, 7) is 1.89. The SMILES string of the molecule is COc1ccc(C)cc1CS(=O)(=O)c1c(N)cccc1Cl. The molecule has 4 nitrogen and oxygen atoms in total. The second-order valence-electron chi connectivity index (χ2n) is 4.73. The molecule has 0 aliphatic heterocycles. The number of rotatable bonds is 4. The molecule has 0 fully saturated rings. The zero-order chi connectivity index (χ0) is 15.6. The predicted molar refractivity (Wildman–Crippen MR) is 84.5 cm³/mol. The Labute approximate surface area is 129 Å². The minimum Gasteiger partial charge on any atom is -0.496 e. The van der Waals surface area contributed by atoms with Crippen molar-refractivity contribution in [3.8, 4) is 5.75 Å². The number of nitrogens with two attached hydrogens (primary N) is 1. The van der Waals surface area contributed by atoms with Crippen molar-refractivity contribution >= 4 is 27.1 Å². The van der Waals surface area contributed by atoms with Gasteiger partial charge in [-0.25, -0.2) is 8.42 Å². The van der Waals surface area contributed by atoms with Crippen molar-refractivity contribution in [2.24, 2.45) is 0 Å². The molecule has 0 aromatic heterocycles. The van der Waals surface area contributed by atoms with E-state index in [1.54, 1.807) is 18.2 Å². The van der Waals surface area contributed by atoms with Crippen LogP contribution in [-0.2, 0) is 15.6 Å². The highest BCUT2D eigenvalue weighted by Crippen LogP contribution is 2.32. The summed E-state index contributed by atoms with van der Waals surface area (Å²) in [4.78, 5) is -0.0322. The highest BCUT2D eigenvalue weighted by atomic mass is 35.5. The topological polar surface area (TPSA) is 69.4 Å². The standard InChI is InChI=1S/C15H16ClNO3S/c1-10-6-7-14(20-2)11(8-10)9-21(18,19)15-12(16)4-3-5-13(15)17/h3-8H,9,17H2,1-2H3. The van der Waals surface area contributed by atoms with Crippen LogP contribution < -0.4 is 10.5 Å². The third-order valence-electron chi connectivity index (χ3n) is 3.09. The molecule has 0 bridgehead atoms. The van der Waals surface area contributed by atoms with Crippen molar-refractivity contribution in [1.82, 2.24) is 0 Å². The zero-order valence-electron chi connectivity index (χ0n) is 11.8. The Hall–Kier alpha value is -1.72. The number of halogens is 1. The Bertz CT molecular complexity index is 752. The highest BCUT2D eigenvalue weighted by molar-refractivity contribution is 7.91. The van der Waals surface area contributed by atoms with Gasteiger partial charge in [-0.05, 0) is 25.1 Å². The van der Waals surface area contributed by atoms with Crippen LogP contribution in [0.4, 0.5) is 5.69 Å². The molecule has 112 valence electrons. The van der Waals surface area contributed by atoms with Crippen LogP contribution in [-0.4, -0.2) is 15.5 Å². The van der Waals surface area contributed by atoms with E-state index in [1.807, 2.05) is 13.0 Å². The molecule has 2 aromatic rings. The maximum atomic E-state index is 12.6. The molecule has 21 heavy (non-hydrogen) atoms. The fourth-order valence-electron chi connectivity index (χ4n) is 2.15. The van der Waals surface area contributed by atoms with Gasteiger partial charge >= 0.3 is 0 Å². The molecular weight excluding hydrogens is 310 g/mol. The minimum atomic E-state index is -3.66. The Morgan fingerprint density at radius 2 is 1.95 bits per heavy atom. The largest absolute Gasteiger partial charge is 0.496 e. The smallest absolute Gasteiger partial charge is 0.186 e. The summed E-state index contributed by atoms with van der Waals surface area (Å²) in [5, 5.41) is 0.126. The molecule has 0 heterocycles. The third-order valence-corrected chi connectivity index (χ3v) is 5.29. The normalized spacial score (nSPS) is 11.4. The van der Waals surface area contributed by atoms with Crippen LogP contribution in [0.1, 0.15) is 11.1 Å². The number of benzene rings is 2. The molecular formula is C15H16ClNO3S. The van der Waals surface area contributed by atoms with E-state index in [-0.39, 0.29) is 21.4 Å². The predicted octanol–water partition coefficient (Wildman–Crippen LogP) is 3.21. The fraction of sp³-hybridized carbons (Fsp3) is 0.200. The van der Waals surface area contributed by atoms with Crippen LogP contribution in [0.5, 0.6) is 5.75 Å². The Balaban J connectivity index is 2.50. The number of hydrogen-bond acceptors (Lipinski definition) is 4. The number of ether oxygens (including phenoxy) is 1. The van der Waals surface area contributed by atoms with Gasteiger partial charge in [0.05, 0.1) is 23.6 Å². The van der Waals surface area contributed by atoms with E-state index in [4.69, 9.17) is 22.1 Å². The second kappa shape index (κ2) is 5.95. The van der Waals surface area contributed by atoms with Crippen LogP contribution in [0.3, 0.4) is 0 Å². The Kier molecular flexibility index (Phi) is 4.44. The van der Waals surface area contributed by atoms with E-state index in [9.17, 15) is 8.42 Å². The van der Waals surface area contributed by atoms with Gasteiger partial charge < -0.3 is 10.5 Å². The number of aryl methyl sites for hydroxylation is 1. The lowest BCUT2D eigenvalue weighted by Gasteiger charge is -2.12.